The largest absolute Gasteiger partial charge is 0.491 e. The molecule has 484 valence electrons. The maximum atomic E-state index is 15.1. The van der Waals surface area contributed by atoms with Gasteiger partial charge in [-0.25, -0.2) is 4.79 Å². The Morgan fingerprint density at radius 1 is 0.393 bits per heavy atom. The summed E-state index contributed by atoms with van der Waals surface area (Å²) in [5.74, 6) is -1.90. The topological polar surface area (TPSA) is 292 Å². The summed E-state index contributed by atoms with van der Waals surface area (Å²) in [6, 6.07) is 21.6. The Hall–Kier alpha value is -7.62. The van der Waals surface area contributed by atoms with E-state index in [9.17, 15) is 24.0 Å². The zero-order valence-corrected chi connectivity index (χ0v) is 51.2. The van der Waals surface area contributed by atoms with Crippen LogP contribution < -0.4 is 45.5 Å². The molecular formula is C64H83N5O20. The summed E-state index contributed by atoms with van der Waals surface area (Å²) in [6.45, 7) is 9.29. The van der Waals surface area contributed by atoms with Gasteiger partial charge in [0.2, 0.25) is 23.6 Å². The standard InChI is InChI=1S/C64H83N5O20/c1-62(2,3)89-61(75)69-64(39-46-11-7-15-50-57(46)58-47(40-64)12-8-16-51(58)88-36-32-84-28-24-80-20-19-79-23-27-83-31-35-87-50)60(74)66-41-52(70)65-42-53(71)68-63(59(73)67-43-54(72)76-4)37-44-9-5-13-48-55(44)56-45(38-63)10-6-14-49(56)86-34-30-82-26-22-78-18-17-77-21-25-81-29-33-85-48/h5-16H,17-43H2,1-4H3,(H,65,70)(H,66,74)(H,67,73)(H,68,71)(H,69,75). The fraction of sp³-hybridized carbons (Fsp3) is 0.531. The Kier molecular flexibility index (Phi) is 25.6. The maximum absolute atomic E-state index is 15.1. The van der Waals surface area contributed by atoms with Crippen molar-refractivity contribution in [3.05, 3.63) is 95.1 Å². The smallest absolute Gasteiger partial charge is 0.408 e. The lowest BCUT2D eigenvalue weighted by atomic mass is 9.85. The molecule has 5 N–H and O–H groups in total. The van der Waals surface area contributed by atoms with Gasteiger partial charge in [0.1, 0.15) is 72.6 Å². The summed E-state index contributed by atoms with van der Waals surface area (Å²) in [6.07, 6.45) is -1.35. The number of hydrogen-bond donors (Lipinski definition) is 5. The number of esters is 1. The molecule has 2 aliphatic carbocycles. The third kappa shape index (κ3) is 19.7. The van der Waals surface area contributed by atoms with Crippen molar-refractivity contribution in [3.8, 4) is 45.3 Å². The van der Waals surface area contributed by atoms with E-state index < -0.39 is 72.0 Å². The van der Waals surface area contributed by atoms with Gasteiger partial charge in [0, 0.05) is 47.9 Å². The summed E-state index contributed by atoms with van der Waals surface area (Å²) in [4.78, 5) is 84.9. The molecule has 5 amide bonds. The van der Waals surface area contributed by atoms with Crippen molar-refractivity contribution in [1.29, 1.82) is 0 Å². The normalized spacial score (nSPS) is 18.1. The van der Waals surface area contributed by atoms with Gasteiger partial charge in [-0.05, 0) is 67.3 Å². The molecule has 25 heteroatoms. The number of nitrogens with one attached hydrogen (secondary N) is 5. The van der Waals surface area contributed by atoms with E-state index in [0.29, 0.717) is 147 Å². The fourth-order valence-electron chi connectivity index (χ4n) is 10.7. The number of benzene rings is 4. The number of carbonyl (C=O) groups is 6. The van der Waals surface area contributed by atoms with Crippen LogP contribution in [0.25, 0.3) is 22.3 Å². The summed E-state index contributed by atoms with van der Waals surface area (Å²) in [7, 11) is 1.19. The van der Waals surface area contributed by atoms with E-state index in [4.69, 9.17) is 66.3 Å². The predicted octanol–water partition coefficient (Wildman–Crippen LogP) is 3.23. The zero-order chi connectivity index (χ0) is 62.9. The quantitative estimate of drug-likeness (QED) is 0.142. The average Bonchev–Trinajstić information content (AvgIpc) is 2.10. The Balaban J connectivity index is 1.04. The molecule has 8 rings (SSSR count). The predicted molar refractivity (Wildman–Crippen MR) is 321 cm³/mol. The van der Waals surface area contributed by atoms with Gasteiger partial charge in [-0.1, -0.05) is 48.5 Å². The van der Waals surface area contributed by atoms with Gasteiger partial charge >= 0.3 is 12.1 Å². The minimum Gasteiger partial charge on any atom is -0.491 e. The van der Waals surface area contributed by atoms with E-state index in [2.05, 4.69) is 26.6 Å². The first-order chi connectivity index (χ1) is 43.2. The van der Waals surface area contributed by atoms with E-state index in [1.165, 1.54) is 7.11 Å². The summed E-state index contributed by atoms with van der Waals surface area (Å²) < 4.78 is 81.9. The molecule has 2 heterocycles. The molecule has 4 aromatic rings. The maximum Gasteiger partial charge on any atom is 0.408 e. The van der Waals surface area contributed by atoms with Gasteiger partial charge in [-0.2, -0.15) is 0 Å². The fourth-order valence-corrected chi connectivity index (χ4v) is 10.7. The van der Waals surface area contributed by atoms with Crippen molar-refractivity contribution in [2.75, 3.05) is 159 Å². The molecule has 0 aromatic heterocycles. The molecule has 0 spiro atoms. The number of hydrogen-bond acceptors (Lipinski definition) is 20. The Bertz CT molecular complexity index is 2890. The van der Waals surface area contributed by atoms with Crippen LogP contribution in [0.1, 0.15) is 43.0 Å². The van der Waals surface area contributed by atoms with Crippen LogP contribution in [0.15, 0.2) is 72.8 Å². The van der Waals surface area contributed by atoms with Crippen LogP contribution in [0.2, 0.25) is 0 Å². The molecule has 0 atom stereocenters. The number of ether oxygens (including phenoxy) is 14. The minimum absolute atomic E-state index is 0.109. The van der Waals surface area contributed by atoms with Crippen molar-refractivity contribution in [2.45, 2.75) is 63.1 Å². The van der Waals surface area contributed by atoms with Crippen molar-refractivity contribution >= 4 is 35.7 Å². The van der Waals surface area contributed by atoms with E-state index in [0.717, 1.165) is 0 Å². The highest BCUT2D eigenvalue weighted by Gasteiger charge is 2.47. The Morgan fingerprint density at radius 2 is 0.685 bits per heavy atom. The lowest BCUT2D eigenvalue weighted by Crippen LogP contribution is -2.63. The van der Waals surface area contributed by atoms with Crippen LogP contribution in [0.3, 0.4) is 0 Å². The lowest BCUT2D eigenvalue weighted by Gasteiger charge is -2.34. The molecule has 2 aliphatic heterocycles. The van der Waals surface area contributed by atoms with Crippen LogP contribution in [0, 0.1) is 0 Å². The van der Waals surface area contributed by atoms with Crippen molar-refractivity contribution in [2.24, 2.45) is 0 Å². The van der Waals surface area contributed by atoms with Crippen LogP contribution in [-0.4, -0.2) is 211 Å². The molecule has 25 nitrogen and oxygen atoms in total. The van der Waals surface area contributed by atoms with Crippen LogP contribution in [0.4, 0.5) is 4.79 Å². The van der Waals surface area contributed by atoms with E-state index >= 15 is 4.79 Å². The van der Waals surface area contributed by atoms with Gasteiger partial charge in [-0.15, -0.1) is 0 Å². The summed E-state index contributed by atoms with van der Waals surface area (Å²) in [5.41, 5.74) is 0.243. The van der Waals surface area contributed by atoms with Crippen LogP contribution in [0.5, 0.6) is 23.0 Å². The van der Waals surface area contributed by atoms with Crippen molar-refractivity contribution < 1.29 is 95.1 Å². The second-order valence-corrected chi connectivity index (χ2v) is 22.2. The lowest BCUT2D eigenvalue weighted by molar-refractivity contribution is -0.142. The Morgan fingerprint density at radius 3 is 1.00 bits per heavy atom. The van der Waals surface area contributed by atoms with Crippen LogP contribution in [-0.2, 0) is 97.0 Å². The first-order valence-electron chi connectivity index (χ1n) is 30.0. The highest BCUT2D eigenvalue weighted by atomic mass is 16.6. The molecule has 4 aromatic carbocycles. The number of rotatable bonds is 10. The van der Waals surface area contributed by atoms with Crippen LogP contribution >= 0.6 is 0 Å². The van der Waals surface area contributed by atoms with Gasteiger partial charge < -0.3 is 92.9 Å². The molecule has 0 bridgehead atoms. The molecule has 4 aliphatic rings. The van der Waals surface area contributed by atoms with Gasteiger partial charge in [0.15, 0.2) is 0 Å². The first kappa shape index (κ1) is 67.3. The number of methoxy groups -OCH3 is 1. The third-order valence-electron chi connectivity index (χ3n) is 14.6. The second-order valence-electron chi connectivity index (χ2n) is 22.2. The van der Waals surface area contributed by atoms with Crippen molar-refractivity contribution in [1.82, 2.24) is 26.6 Å². The number of carbonyl (C=O) groups excluding carboxylic acids is 6. The molecular weight excluding hydrogens is 1160 g/mol. The van der Waals surface area contributed by atoms with Gasteiger partial charge in [0.05, 0.1) is 126 Å². The number of amides is 5. The van der Waals surface area contributed by atoms with Gasteiger partial charge in [-0.3, -0.25) is 24.0 Å². The second kappa shape index (κ2) is 33.8. The molecule has 0 unspecified atom stereocenters. The Labute approximate surface area is 517 Å². The average molecular weight is 1240 g/mol. The molecule has 0 saturated heterocycles. The van der Waals surface area contributed by atoms with E-state index in [-0.39, 0.29) is 78.5 Å². The monoisotopic (exact) mass is 1240 g/mol. The van der Waals surface area contributed by atoms with E-state index in [1.54, 1.807) is 57.2 Å². The van der Waals surface area contributed by atoms with E-state index in [1.807, 2.05) is 36.4 Å². The molecule has 0 fully saturated rings. The third-order valence-corrected chi connectivity index (χ3v) is 14.6. The highest BCUT2D eigenvalue weighted by molar-refractivity contribution is 5.98. The summed E-state index contributed by atoms with van der Waals surface area (Å²) in [5, 5.41) is 13.8. The minimum atomic E-state index is -1.81. The first-order valence-corrected chi connectivity index (χ1v) is 30.0. The molecule has 0 radical (unpaired) electrons. The van der Waals surface area contributed by atoms with Crippen molar-refractivity contribution in [3.63, 3.8) is 0 Å². The SMILES string of the molecule is COC(=O)CNC(=O)C1(NC(=O)CNC(=O)CNC(=O)C2(NC(=O)OC(C)(C)C)Cc3cccc4c3-c3c(cccc3OCCOCCOCCOCCOCCO4)C2)Cc2cccc3c2-c2c(cccc2OCCOCCOCCOCCOCCO3)C1. The van der Waals surface area contributed by atoms with Gasteiger partial charge in [0.25, 0.3) is 0 Å². The summed E-state index contributed by atoms with van der Waals surface area (Å²) >= 11 is 0. The highest BCUT2D eigenvalue weighted by Crippen LogP contribution is 2.48. The zero-order valence-electron chi connectivity index (χ0n) is 51.2. The number of alkyl carbamates (subject to hydrolysis) is 1. The molecule has 89 heavy (non-hydrogen) atoms. The molecule has 0 saturated carbocycles.